The van der Waals surface area contributed by atoms with Crippen molar-refractivity contribution in [2.45, 2.75) is 27.4 Å². The van der Waals surface area contributed by atoms with E-state index in [1.807, 2.05) is 25.1 Å². The summed E-state index contributed by atoms with van der Waals surface area (Å²) in [4.78, 5) is 0. The highest BCUT2D eigenvalue weighted by Crippen LogP contribution is 2.19. The Morgan fingerprint density at radius 1 is 1.00 bits per heavy atom. The lowest BCUT2D eigenvalue weighted by atomic mass is 10.1. The summed E-state index contributed by atoms with van der Waals surface area (Å²) in [6, 6.07) is 12.4. The van der Waals surface area contributed by atoms with Gasteiger partial charge in [-0.25, -0.2) is 0 Å². The summed E-state index contributed by atoms with van der Waals surface area (Å²) < 4.78 is 5.90. The van der Waals surface area contributed by atoms with Gasteiger partial charge in [0, 0.05) is 5.56 Å². The highest BCUT2D eigenvalue weighted by atomic mass is 16.5. The van der Waals surface area contributed by atoms with Gasteiger partial charge in [-0.3, -0.25) is 0 Å². The lowest BCUT2D eigenvalue weighted by Crippen LogP contribution is -1.99. The lowest BCUT2D eigenvalue weighted by molar-refractivity contribution is 0.305. The maximum Gasteiger partial charge on any atom is 0.120 e. The molecule has 2 heteroatoms. The number of aryl methyl sites for hydroxylation is 3. The lowest BCUT2D eigenvalue weighted by Gasteiger charge is -2.10. The zero-order valence-corrected chi connectivity index (χ0v) is 12.9. The normalized spacial score (nSPS) is 9.90. The van der Waals surface area contributed by atoms with E-state index in [0.717, 1.165) is 16.9 Å². The van der Waals surface area contributed by atoms with Gasteiger partial charge in [0.2, 0.25) is 0 Å². The first-order chi connectivity index (χ1) is 10.1. The van der Waals surface area contributed by atoms with Crippen LogP contribution in [0.2, 0.25) is 0 Å². The van der Waals surface area contributed by atoms with Crippen molar-refractivity contribution in [1.29, 1.82) is 0 Å². The van der Waals surface area contributed by atoms with Gasteiger partial charge in [0.25, 0.3) is 0 Å². The van der Waals surface area contributed by atoms with Crippen molar-refractivity contribution in [1.82, 2.24) is 0 Å². The molecule has 0 bridgehead atoms. The minimum atomic E-state index is 0.379. The summed E-state index contributed by atoms with van der Waals surface area (Å²) in [6.07, 6.45) is 0. The maximum absolute atomic E-state index is 5.90. The van der Waals surface area contributed by atoms with Crippen molar-refractivity contribution >= 4 is 0 Å². The maximum atomic E-state index is 5.90. The molecule has 0 amide bonds. The van der Waals surface area contributed by atoms with Crippen LogP contribution in [0.3, 0.4) is 0 Å². The quantitative estimate of drug-likeness (QED) is 0.873. The standard InChI is InChI=1S/C19H21NO/c1-14-6-7-15(2)18(11-14)13-21-19-9-8-17(5-4-10-20)16(3)12-19/h6-9,11-12H,10,13,20H2,1-3H3. The Balaban J connectivity index is 2.10. The highest BCUT2D eigenvalue weighted by Gasteiger charge is 2.02. The van der Waals surface area contributed by atoms with Crippen LogP contribution in [0.4, 0.5) is 0 Å². The molecule has 0 aliphatic heterocycles. The summed E-state index contributed by atoms with van der Waals surface area (Å²) >= 11 is 0. The molecule has 0 radical (unpaired) electrons. The Bertz CT molecular complexity index is 692. The van der Waals surface area contributed by atoms with Crippen molar-refractivity contribution in [3.8, 4) is 17.6 Å². The number of benzene rings is 2. The van der Waals surface area contributed by atoms with Crippen molar-refractivity contribution in [3.63, 3.8) is 0 Å². The molecule has 2 aromatic carbocycles. The van der Waals surface area contributed by atoms with Gasteiger partial charge in [0.15, 0.2) is 0 Å². The first-order valence-electron chi connectivity index (χ1n) is 7.08. The summed E-state index contributed by atoms with van der Waals surface area (Å²) in [5.41, 5.74) is 11.2. The second kappa shape index (κ2) is 6.97. The number of nitrogens with two attached hydrogens (primary N) is 1. The molecule has 0 atom stereocenters. The zero-order valence-electron chi connectivity index (χ0n) is 12.9. The summed E-state index contributed by atoms with van der Waals surface area (Å²) in [5, 5.41) is 0. The van der Waals surface area contributed by atoms with Crippen molar-refractivity contribution in [3.05, 3.63) is 64.2 Å². The van der Waals surface area contributed by atoms with E-state index in [0.29, 0.717) is 13.2 Å². The topological polar surface area (TPSA) is 35.2 Å². The molecule has 0 saturated heterocycles. The molecule has 0 aliphatic rings. The number of rotatable bonds is 3. The summed E-state index contributed by atoms with van der Waals surface area (Å²) in [5.74, 6) is 6.80. The minimum absolute atomic E-state index is 0.379. The van der Waals surface area contributed by atoms with Gasteiger partial charge >= 0.3 is 0 Å². The molecular formula is C19H21NO. The van der Waals surface area contributed by atoms with E-state index in [2.05, 4.69) is 43.9 Å². The Kier molecular flexibility index (Phi) is 5.03. The largest absolute Gasteiger partial charge is 0.489 e. The zero-order chi connectivity index (χ0) is 15.2. The van der Waals surface area contributed by atoms with Crippen LogP contribution in [0.25, 0.3) is 0 Å². The van der Waals surface area contributed by atoms with E-state index in [9.17, 15) is 0 Å². The first kappa shape index (κ1) is 15.2. The van der Waals surface area contributed by atoms with E-state index in [-0.39, 0.29) is 0 Å². The third kappa shape index (κ3) is 4.11. The molecule has 0 aromatic heterocycles. The number of ether oxygens (including phenoxy) is 1. The van der Waals surface area contributed by atoms with E-state index < -0.39 is 0 Å². The van der Waals surface area contributed by atoms with Gasteiger partial charge in [-0.1, -0.05) is 35.6 Å². The molecule has 0 saturated carbocycles. The Morgan fingerprint density at radius 2 is 1.81 bits per heavy atom. The van der Waals surface area contributed by atoms with Crippen LogP contribution >= 0.6 is 0 Å². The fourth-order valence-corrected chi connectivity index (χ4v) is 2.13. The van der Waals surface area contributed by atoms with Crippen LogP contribution in [0.1, 0.15) is 27.8 Å². The second-order valence-electron chi connectivity index (χ2n) is 5.20. The predicted molar refractivity (Wildman–Crippen MR) is 87.4 cm³/mol. The molecule has 2 N–H and O–H groups in total. The molecule has 2 rings (SSSR count). The van der Waals surface area contributed by atoms with E-state index in [1.54, 1.807) is 0 Å². The molecule has 0 unspecified atom stereocenters. The van der Waals surface area contributed by atoms with Crippen molar-refractivity contribution in [2.75, 3.05) is 6.54 Å². The minimum Gasteiger partial charge on any atom is -0.489 e. The Labute approximate surface area is 126 Å². The van der Waals surface area contributed by atoms with Gasteiger partial charge in [-0.05, 0) is 55.7 Å². The summed E-state index contributed by atoms with van der Waals surface area (Å²) in [6.45, 7) is 7.20. The average molecular weight is 279 g/mol. The molecular weight excluding hydrogens is 258 g/mol. The van der Waals surface area contributed by atoms with Crippen LogP contribution in [-0.4, -0.2) is 6.54 Å². The predicted octanol–water partition coefficient (Wildman–Crippen LogP) is 3.50. The third-order valence-corrected chi connectivity index (χ3v) is 3.42. The molecule has 2 nitrogen and oxygen atoms in total. The Hall–Kier alpha value is -2.24. The highest BCUT2D eigenvalue weighted by molar-refractivity contribution is 5.45. The molecule has 0 heterocycles. The van der Waals surface area contributed by atoms with Gasteiger partial charge < -0.3 is 10.5 Å². The average Bonchev–Trinajstić information content (AvgIpc) is 2.47. The third-order valence-electron chi connectivity index (χ3n) is 3.42. The molecule has 0 aliphatic carbocycles. The van der Waals surface area contributed by atoms with E-state index in [4.69, 9.17) is 10.5 Å². The molecule has 0 spiro atoms. The van der Waals surface area contributed by atoms with Gasteiger partial charge in [0.05, 0.1) is 6.54 Å². The SMILES string of the molecule is Cc1ccc(C)c(COc2ccc(C#CCN)c(C)c2)c1. The first-order valence-corrected chi connectivity index (χ1v) is 7.08. The molecule has 0 fully saturated rings. The van der Waals surface area contributed by atoms with Crippen LogP contribution in [0.5, 0.6) is 5.75 Å². The van der Waals surface area contributed by atoms with Gasteiger partial charge in [0.1, 0.15) is 12.4 Å². The molecule has 2 aromatic rings. The van der Waals surface area contributed by atoms with Crippen LogP contribution in [0.15, 0.2) is 36.4 Å². The van der Waals surface area contributed by atoms with E-state index >= 15 is 0 Å². The monoisotopic (exact) mass is 279 g/mol. The van der Waals surface area contributed by atoms with Crippen molar-refractivity contribution in [2.24, 2.45) is 5.73 Å². The number of hydrogen-bond donors (Lipinski definition) is 1. The van der Waals surface area contributed by atoms with Crippen LogP contribution < -0.4 is 10.5 Å². The Morgan fingerprint density at radius 3 is 2.52 bits per heavy atom. The van der Waals surface area contributed by atoms with Crippen LogP contribution in [-0.2, 0) is 6.61 Å². The van der Waals surface area contributed by atoms with Gasteiger partial charge in [-0.2, -0.15) is 0 Å². The van der Waals surface area contributed by atoms with Crippen LogP contribution in [0, 0.1) is 32.6 Å². The fraction of sp³-hybridized carbons (Fsp3) is 0.263. The van der Waals surface area contributed by atoms with Gasteiger partial charge in [-0.15, -0.1) is 0 Å². The smallest absolute Gasteiger partial charge is 0.120 e. The fourth-order valence-electron chi connectivity index (χ4n) is 2.13. The molecule has 108 valence electrons. The van der Waals surface area contributed by atoms with E-state index in [1.165, 1.54) is 16.7 Å². The summed E-state index contributed by atoms with van der Waals surface area (Å²) in [7, 11) is 0. The second-order valence-corrected chi connectivity index (χ2v) is 5.20. The molecule has 21 heavy (non-hydrogen) atoms. The van der Waals surface area contributed by atoms with Crippen molar-refractivity contribution < 1.29 is 4.74 Å². The number of hydrogen-bond acceptors (Lipinski definition) is 2.